The second-order valence-corrected chi connectivity index (χ2v) is 6.14. The predicted molar refractivity (Wildman–Crippen MR) is 84.7 cm³/mol. The number of nitrogens with one attached hydrogen (secondary N) is 1. The molecule has 2 amide bonds. The Morgan fingerprint density at radius 2 is 1.96 bits per heavy atom. The van der Waals surface area contributed by atoms with Gasteiger partial charge in [0.15, 0.2) is 0 Å². The third kappa shape index (κ3) is 5.20. The van der Waals surface area contributed by atoms with Crippen molar-refractivity contribution in [2.45, 2.75) is 45.1 Å². The first-order chi connectivity index (χ1) is 11.1. The molecule has 0 radical (unpaired) electrons. The Morgan fingerprint density at radius 1 is 1.22 bits per heavy atom. The zero-order valence-electron chi connectivity index (χ0n) is 13.9. The Balaban J connectivity index is 1.92. The normalized spacial score (nSPS) is 22.6. The fourth-order valence-electron chi connectivity index (χ4n) is 3.02. The number of nitrogens with zero attached hydrogens (tertiary/aromatic N) is 2. The number of hydrogen-bond donors (Lipinski definition) is 1. The number of carbonyl (C=O) groups excluding carboxylic acids is 3. The van der Waals surface area contributed by atoms with E-state index in [1.807, 2.05) is 16.7 Å². The molecule has 2 aliphatic rings. The van der Waals surface area contributed by atoms with E-state index in [9.17, 15) is 14.4 Å². The van der Waals surface area contributed by atoms with E-state index >= 15 is 0 Å². The number of piperidine rings is 1. The molecule has 7 heteroatoms. The third-order valence-electron chi connectivity index (χ3n) is 4.32. The average Bonchev–Trinajstić information content (AvgIpc) is 2.57. The highest BCUT2D eigenvalue weighted by Gasteiger charge is 2.34. The average molecular weight is 325 g/mol. The van der Waals surface area contributed by atoms with Crippen molar-refractivity contribution in [1.82, 2.24) is 15.1 Å². The van der Waals surface area contributed by atoms with Gasteiger partial charge in [0.05, 0.1) is 19.6 Å². The Morgan fingerprint density at radius 3 is 2.65 bits per heavy atom. The maximum atomic E-state index is 12.4. The molecule has 0 aromatic carbocycles. The number of hydrogen-bond acceptors (Lipinski definition) is 5. The standard InChI is InChI=1S/C16H27N3O4/c1-2-10-23-15(21)11-13-16(22)17-6-9-19(13)12-14(20)18-7-4-3-5-8-18/h13H,2-12H2,1H3,(H,17,22). The maximum absolute atomic E-state index is 12.4. The smallest absolute Gasteiger partial charge is 0.307 e. The van der Waals surface area contributed by atoms with Crippen LogP contribution in [0.4, 0.5) is 0 Å². The van der Waals surface area contributed by atoms with Gasteiger partial charge in [-0.1, -0.05) is 6.92 Å². The van der Waals surface area contributed by atoms with E-state index in [1.165, 1.54) is 6.42 Å². The first kappa shape index (κ1) is 17.7. The first-order valence-electron chi connectivity index (χ1n) is 8.57. The van der Waals surface area contributed by atoms with E-state index in [0.717, 1.165) is 32.4 Å². The van der Waals surface area contributed by atoms with Gasteiger partial charge in [-0.25, -0.2) is 0 Å². The fraction of sp³-hybridized carbons (Fsp3) is 0.812. The van der Waals surface area contributed by atoms with Crippen molar-refractivity contribution in [3.05, 3.63) is 0 Å². The lowest BCUT2D eigenvalue weighted by Crippen LogP contribution is -2.58. The second-order valence-electron chi connectivity index (χ2n) is 6.14. The highest BCUT2D eigenvalue weighted by Crippen LogP contribution is 2.13. The molecule has 23 heavy (non-hydrogen) atoms. The molecule has 0 saturated carbocycles. The molecule has 2 rings (SSSR count). The topological polar surface area (TPSA) is 79.0 Å². The van der Waals surface area contributed by atoms with E-state index < -0.39 is 6.04 Å². The van der Waals surface area contributed by atoms with Crippen LogP contribution in [0.15, 0.2) is 0 Å². The van der Waals surface area contributed by atoms with Crippen molar-refractivity contribution in [2.75, 3.05) is 39.3 Å². The highest BCUT2D eigenvalue weighted by atomic mass is 16.5. The quantitative estimate of drug-likeness (QED) is 0.703. The number of piperazine rings is 1. The Hall–Kier alpha value is -1.63. The molecule has 7 nitrogen and oxygen atoms in total. The molecule has 1 atom stereocenters. The largest absolute Gasteiger partial charge is 0.466 e. The van der Waals surface area contributed by atoms with Crippen LogP contribution >= 0.6 is 0 Å². The van der Waals surface area contributed by atoms with Gasteiger partial charge in [0, 0.05) is 26.2 Å². The van der Waals surface area contributed by atoms with Crippen LogP contribution in [0.25, 0.3) is 0 Å². The fourth-order valence-corrected chi connectivity index (χ4v) is 3.02. The van der Waals surface area contributed by atoms with E-state index in [2.05, 4.69) is 5.32 Å². The minimum absolute atomic E-state index is 0.000880. The molecule has 2 heterocycles. The lowest BCUT2D eigenvalue weighted by atomic mass is 10.1. The summed E-state index contributed by atoms with van der Waals surface area (Å²) in [6, 6.07) is -0.609. The van der Waals surface area contributed by atoms with Gasteiger partial charge >= 0.3 is 5.97 Å². The first-order valence-corrected chi connectivity index (χ1v) is 8.57. The summed E-state index contributed by atoms with van der Waals surface area (Å²) in [6.07, 6.45) is 4.00. The molecule has 0 bridgehead atoms. The lowest BCUT2D eigenvalue weighted by molar-refractivity contribution is -0.149. The maximum Gasteiger partial charge on any atom is 0.307 e. The van der Waals surface area contributed by atoms with Crippen molar-refractivity contribution in [2.24, 2.45) is 0 Å². The van der Waals surface area contributed by atoms with Crippen LogP contribution in [-0.4, -0.2) is 73.0 Å². The van der Waals surface area contributed by atoms with Gasteiger partial charge in [-0.3, -0.25) is 19.3 Å². The summed E-state index contributed by atoms with van der Waals surface area (Å²) in [5.41, 5.74) is 0. The van der Waals surface area contributed by atoms with E-state index in [0.29, 0.717) is 19.7 Å². The number of likely N-dealkylation sites (tertiary alicyclic amines) is 1. The summed E-state index contributed by atoms with van der Waals surface area (Å²) in [4.78, 5) is 40.0. The van der Waals surface area contributed by atoms with Gasteiger partial charge < -0.3 is 15.0 Å². The number of amides is 2. The van der Waals surface area contributed by atoms with Crippen LogP contribution in [0.5, 0.6) is 0 Å². The SMILES string of the molecule is CCCOC(=O)CC1C(=O)NCCN1CC(=O)N1CCCCC1. The van der Waals surface area contributed by atoms with Crippen LogP contribution in [0.3, 0.4) is 0 Å². The van der Waals surface area contributed by atoms with Gasteiger partial charge in [0.1, 0.15) is 6.04 Å². The van der Waals surface area contributed by atoms with Gasteiger partial charge in [0.2, 0.25) is 11.8 Å². The summed E-state index contributed by atoms with van der Waals surface area (Å²) < 4.78 is 5.07. The summed E-state index contributed by atoms with van der Waals surface area (Å²) in [5.74, 6) is -0.535. The molecular weight excluding hydrogens is 298 g/mol. The zero-order chi connectivity index (χ0) is 16.7. The van der Waals surface area contributed by atoms with Crippen LogP contribution in [0.2, 0.25) is 0 Å². The summed E-state index contributed by atoms with van der Waals surface area (Å²) in [5, 5.41) is 2.76. The molecule has 2 aliphatic heterocycles. The van der Waals surface area contributed by atoms with Crippen molar-refractivity contribution >= 4 is 17.8 Å². The monoisotopic (exact) mass is 325 g/mol. The van der Waals surface area contributed by atoms with Crippen LogP contribution < -0.4 is 5.32 Å². The van der Waals surface area contributed by atoms with E-state index in [1.54, 1.807) is 0 Å². The van der Waals surface area contributed by atoms with Gasteiger partial charge in [-0.05, 0) is 25.7 Å². The number of rotatable bonds is 6. The Kier molecular flexibility index (Phi) is 6.83. The Bertz CT molecular complexity index is 435. The minimum Gasteiger partial charge on any atom is -0.466 e. The van der Waals surface area contributed by atoms with Crippen molar-refractivity contribution in [3.63, 3.8) is 0 Å². The molecule has 0 aliphatic carbocycles. The summed E-state index contributed by atoms with van der Waals surface area (Å²) >= 11 is 0. The molecule has 130 valence electrons. The molecule has 1 N–H and O–H groups in total. The number of carbonyl (C=O) groups is 3. The molecule has 0 spiro atoms. The van der Waals surface area contributed by atoms with Gasteiger partial charge in [-0.15, -0.1) is 0 Å². The van der Waals surface area contributed by atoms with Gasteiger partial charge in [-0.2, -0.15) is 0 Å². The molecular formula is C16H27N3O4. The molecule has 0 aromatic rings. The number of esters is 1. The van der Waals surface area contributed by atoms with Crippen molar-refractivity contribution < 1.29 is 19.1 Å². The van der Waals surface area contributed by atoms with Crippen LogP contribution in [0.1, 0.15) is 39.0 Å². The third-order valence-corrected chi connectivity index (χ3v) is 4.32. The Labute approximate surface area is 137 Å². The molecule has 2 fully saturated rings. The molecule has 1 unspecified atom stereocenters. The highest BCUT2D eigenvalue weighted by molar-refractivity contribution is 5.88. The van der Waals surface area contributed by atoms with Crippen LogP contribution in [-0.2, 0) is 19.1 Å². The van der Waals surface area contributed by atoms with Crippen LogP contribution in [0, 0.1) is 0 Å². The zero-order valence-corrected chi connectivity index (χ0v) is 13.9. The lowest BCUT2D eigenvalue weighted by Gasteiger charge is -2.36. The van der Waals surface area contributed by atoms with Gasteiger partial charge in [0.25, 0.3) is 0 Å². The number of ether oxygens (including phenoxy) is 1. The summed E-state index contributed by atoms with van der Waals surface area (Å²) in [7, 11) is 0. The summed E-state index contributed by atoms with van der Waals surface area (Å²) in [6.45, 7) is 5.15. The van der Waals surface area contributed by atoms with E-state index in [4.69, 9.17) is 4.74 Å². The van der Waals surface area contributed by atoms with E-state index in [-0.39, 0.29) is 30.7 Å². The molecule has 0 aromatic heterocycles. The molecule has 2 saturated heterocycles. The second kappa shape index (κ2) is 8.86. The predicted octanol–water partition coefficient (Wildman–Crippen LogP) is 0.143. The van der Waals surface area contributed by atoms with Crippen molar-refractivity contribution in [1.29, 1.82) is 0 Å². The minimum atomic E-state index is -0.609. The van der Waals surface area contributed by atoms with Crippen molar-refractivity contribution in [3.8, 4) is 0 Å².